The highest BCUT2D eigenvalue weighted by molar-refractivity contribution is 5.81. The smallest absolute Gasteiger partial charge is 0.395 e. The summed E-state index contributed by atoms with van der Waals surface area (Å²) in [5, 5.41) is 56.9. The Labute approximate surface area is 338 Å². The number of nitrogens with one attached hydrogen (secondary N) is 3. The van der Waals surface area contributed by atoms with Gasteiger partial charge in [-0.15, -0.1) is 4.63 Å². The van der Waals surface area contributed by atoms with E-state index in [-0.39, 0.29) is 80.1 Å². The van der Waals surface area contributed by atoms with E-state index in [1.807, 2.05) is 0 Å². The molecule has 4 aromatic heterocycles. The van der Waals surface area contributed by atoms with Crippen molar-refractivity contribution in [1.29, 1.82) is 0 Å². The lowest BCUT2D eigenvalue weighted by Gasteiger charge is -2.13. The molecule has 61 heavy (non-hydrogen) atoms. The molecule has 0 radical (unpaired) electrons. The van der Waals surface area contributed by atoms with Gasteiger partial charge in [-0.25, -0.2) is 32.1 Å². The lowest BCUT2D eigenvalue weighted by Crippen LogP contribution is -2.32. The highest BCUT2D eigenvalue weighted by Gasteiger charge is 2.36. The maximum atomic E-state index is 13.8. The van der Waals surface area contributed by atoms with Gasteiger partial charge < -0.3 is 42.0 Å². The molecular weight excluding hydrogens is 820 g/mol. The van der Waals surface area contributed by atoms with Crippen molar-refractivity contribution in [1.82, 2.24) is 50.7 Å². The van der Waals surface area contributed by atoms with Crippen molar-refractivity contribution in [2.24, 2.45) is 5.73 Å². The van der Waals surface area contributed by atoms with Crippen molar-refractivity contribution in [3.8, 4) is 23.0 Å². The third kappa shape index (κ3) is 9.69. The van der Waals surface area contributed by atoms with Crippen LogP contribution in [0, 0.1) is 21.7 Å². The number of aryl methyl sites for hydroxylation is 2. The largest absolute Gasteiger partial charge is 0.446 e. The Bertz CT molecular complexity index is 2620. The number of rotatable bonds is 13. The van der Waals surface area contributed by atoms with Crippen LogP contribution in [-0.4, -0.2) is 106 Å². The number of hydrogen-bond acceptors (Lipinski definition) is 20. The van der Waals surface area contributed by atoms with E-state index in [2.05, 4.69) is 56.0 Å². The van der Waals surface area contributed by atoms with Crippen molar-refractivity contribution in [2.75, 3.05) is 44.7 Å². The molecule has 27 heteroatoms. The second-order valence-electron chi connectivity index (χ2n) is 12.9. The van der Waals surface area contributed by atoms with Gasteiger partial charge in [0.1, 0.15) is 11.6 Å². The fraction of sp³-hybridized carbons (Fsp3) is 0.353. The number of hydrogen-bond donors (Lipinski definition) is 6. The van der Waals surface area contributed by atoms with Crippen LogP contribution in [0.25, 0.3) is 23.0 Å². The van der Waals surface area contributed by atoms with Crippen LogP contribution in [0.2, 0.25) is 0 Å². The molecule has 0 saturated heterocycles. The molecular formula is C34H35F2N13O12. The summed E-state index contributed by atoms with van der Waals surface area (Å²) in [6.07, 6.45) is 2.34. The van der Waals surface area contributed by atoms with Crippen molar-refractivity contribution in [2.45, 2.75) is 37.8 Å². The van der Waals surface area contributed by atoms with Gasteiger partial charge >= 0.3 is 17.3 Å². The van der Waals surface area contributed by atoms with E-state index >= 15 is 0 Å². The van der Waals surface area contributed by atoms with Crippen LogP contribution in [0.15, 0.2) is 64.3 Å². The first-order valence-corrected chi connectivity index (χ1v) is 18.2. The standard InChI is InChI=1S/C17H17FN6O5.C13H8FN5O5.C4H10N2O2/c18-10-3-1-9-2-4-12(11(9)7-10)24-16(23-28-17(24)27)14-15(22-29-21-14)20-8-13(26)19-5-6-25;14-7-3-1-6-2-4-9(8(6)5-7)18-11(16-23-13(18)20)10-12(19(21)22)17-24-15-10;5-3-4(8)6-1-2-7/h1,3,7,12,25H,2,4-6,8H2,(H,19,26)(H,20,22);1,3,5,9H,2,4H2;7H,1-3,5H2,(H,6,8)/t12-;9-;/m00./s1. The molecule has 322 valence electrons. The molecule has 2 aromatic carbocycles. The van der Waals surface area contributed by atoms with Gasteiger partial charge in [-0.3, -0.25) is 18.6 Å². The van der Waals surface area contributed by atoms with Crippen molar-refractivity contribution >= 4 is 23.5 Å². The normalized spacial score (nSPS) is 14.8. The summed E-state index contributed by atoms with van der Waals surface area (Å²) in [6.45, 7) is 0.00460. The number of aliphatic hydroxyl groups is 2. The van der Waals surface area contributed by atoms with E-state index < -0.39 is 46.0 Å². The summed E-state index contributed by atoms with van der Waals surface area (Å²) < 4.78 is 48.3. The third-order valence-corrected chi connectivity index (χ3v) is 9.23. The molecule has 7 N–H and O–H groups in total. The molecule has 25 nitrogen and oxygen atoms in total. The Hall–Kier alpha value is -7.52. The summed E-state index contributed by atoms with van der Waals surface area (Å²) in [4.78, 5) is 56.6. The quantitative estimate of drug-likeness (QED) is 0.0636. The molecule has 0 saturated carbocycles. The van der Waals surface area contributed by atoms with Gasteiger partial charge in [0.2, 0.25) is 29.3 Å². The zero-order chi connectivity index (χ0) is 43.6. The van der Waals surface area contributed by atoms with E-state index in [9.17, 15) is 38.1 Å². The molecule has 0 spiro atoms. The molecule has 0 bridgehead atoms. The van der Waals surface area contributed by atoms with Gasteiger partial charge in [0, 0.05) is 13.1 Å². The maximum absolute atomic E-state index is 13.8. The number of fused-ring (bicyclic) bond motifs is 2. The summed E-state index contributed by atoms with van der Waals surface area (Å²) in [7, 11) is 0. The number of benzene rings is 2. The van der Waals surface area contributed by atoms with Crippen LogP contribution in [-0.2, 0) is 22.4 Å². The van der Waals surface area contributed by atoms with Crippen molar-refractivity contribution in [3.63, 3.8) is 0 Å². The van der Waals surface area contributed by atoms with Crippen LogP contribution in [0.4, 0.5) is 20.4 Å². The van der Waals surface area contributed by atoms with Gasteiger partial charge in [0.15, 0.2) is 10.9 Å². The zero-order valence-corrected chi connectivity index (χ0v) is 31.5. The summed E-state index contributed by atoms with van der Waals surface area (Å²) in [5.41, 5.74) is 7.77. The van der Waals surface area contributed by atoms with E-state index in [4.69, 9.17) is 25.1 Å². The number of anilines is 1. The fourth-order valence-corrected chi connectivity index (χ4v) is 6.60. The molecule has 6 aromatic rings. The third-order valence-electron chi connectivity index (χ3n) is 9.23. The first kappa shape index (κ1) is 43.1. The van der Waals surface area contributed by atoms with E-state index in [0.29, 0.717) is 36.8 Å². The van der Waals surface area contributed by atoms with E-state index in [0.717, 1.165) is 15.7 Å². The molecule has 2 atom stereocenters. The van der Waals surface area contributed by atoms with Crippen LogP contribution in [0.1, 0.15) is 47.2 Å². The topological polar surface area (TPSA) is 354 Å². The zero-order valence-electron chi connectivity index (χ0n) is 31.5. The molecule has 0 aliphatic heterocycles. The highest BCUT2D eigenvalue weighted by atomic mass is 19.1. The van der Waals surface area contributed by atoms with Gasteiger partial charge in [-0.1, -0.05) is 22.4 Å². The van der Waals surface area contributed by atoms with Crippen LogP contribution < -0.4 is 33.2 Å². The number of halogens is 2. The van der Waals surface area contributed by atoms with Gasteiger partial charge in [-0.2, -0.15) is 0 Å². The van der Waals surface area contributed by atoms with Crippen LogP contribution in [0.3, 0.4) is 0 Å². The number of nitrogens with two attached hydrogens (primary N) is 1. The Morgan fingerprint density at radius 3 is 1.82 bits per heavy atom. The Kier molecular flexibility index (Phi) is 13.8. The first-order valence-electron chi connectivity index (χ1n) is 18.2. The second kappa shape index (κ2) is 19.5. The Morgan fingerprint density at radius 2 is 1.30 bits per heavy atom. The highest BCUT2D eigenvalue weighted by Crippen LogP contribution is 2.38. The molecule has 2 aliphatic carbocycles. The first-order chi connectivity index (χ1) is 29.4. The fourth-order valence-electron chi connectivity index (χ4n) is 6.60. The predicted octanol–water partition coefficient (Wildman–Crippen LogP) is -0.396. The number of carbonyl (C=O) groups is 2. The molecule has 0 fully saturated rings. The number of nitrogens with zero attached hydrogens (tertiary/aromatic N) is 9. The maximum Gasteiger partial charge on any atom is 0.446 e. The summed E-state index contributed by atoms with van der Waals surface area (Å²) in [6, 6.07) is 7.72. The van der Waals surface area contributed by atoms with Crippen molar-refractivity contribution < 1.29 is 51.8 Å². The molecule has 0 unspecified atom stereocenters. The molecule has 8 rings (SSSR count). The predicted molar refractivity (Wildman–Crippen MR) is 198 cm³/mol. The van der Waals surface area contributed by atoms with Gasteiger partial charge in [-0.05, 0) is 92.6 Å². The minimum atomic E-state index is -0.829. The van der Waals surface area contributed by atoms with E-state index in [1.54, 1.807) is 12.1 Å². The average molecular weight is 856 g/mol. The molecule has 4 heterocycles. The lowest BCUT2D eigenvalue weighted by atomic mass is 10.1. The molecule has 2 aliphatic rings. The van der Waals surface area contributed by atoms with Crippen LogP contribution in [0.5, 0.6) is 0 Å². The second-order valence-corrected chi connectivity index (χ2v) is 12.9. The summed E-state index contributed by atoms with van der Waals surface area (Å²) >= 11 is 0. The monoisotopic (exact) mass is 855 g/mol. The van der Waals surface area contributed by atoms with Gasteiger partial charge in [0.05, 0.1) is 38.4 Å². The lowest BCUT2D eigenvalue weighted by molar-refractivity contribution is -0.390. The number of carbonyl (C=O) groups excluding carboxylic acids is 2. The van der Waals surface area contributed by atoms with Crippen LogP contribution >= 0.6 is 0 Å². The van der Waals surface area contributed by atoms with Gasteiger partial charge in [0.25, 0.3) is 5.69 Å². The SMILES string of the molecule is NCC(=O)NCCO.O=C(CNc1nonc1-c1noc(=O)n1[C@H]1CCc2ccc(F)cc21)NCCO.O=c1onc(-c2nonc2[N+](=O)[O-])n1[C@H]1CCc2ccc(F)cc21. The number of aliphatic hydroxyl groups excluding tert-OH is 2. The minimum Gasteiger partial charge on any atom is -0.395 e. The number of nitro groups is 1. The average Bonchev–Trinajstić information content (AvgIpc) is 4.12. The van der Waals surface area contributed by atoms with Crippen molar-refractivity contribution in [3.05, 3.63) is 102 Å². The minimum absolute atomic E-state index is 0.0139. The number of amides is 2. The summed E-state index contributed by atoms with van der Waals surface area (Å²) in [5.74, 6) is -3.75. The number of aromatic nitrogens is 8. The molecule has 2 amide bonds. The Balaban J connectivity index is 0.000000176. The van der Waals surface area contributed by atoms with E-state index in [1.165, 1.54) is 28.8 Å². The Morgan fingerprint density at radius 1 is 0.787 bits per heavy atom.